The molecule has 0 saturated heterocycles. The topological polar surface area (TPSA) is 30.0 Å². The van der Waals surface area contributed by atoms with Crippen molar-refractivity contribution < 1.29 is 8.60 Å². The highest BCUT2D eigenvalue weighted by Crippen LogP contribution is 2.17. The second-order valence-corrected chi connectivity index (χ2v) is 4.34. The number of nitrogens with zero attached hydrogens (tertiary/aromatic N) is 1. The molecule has 1 aromatic heterocycles. The maximum Gasteiger partial charge on any atom is 0.139 e. The lowest BCUT2D eigenvalue weighted by atomic mass is 10.3. The van der Waals surface area contributed by atoms with Gasteiger partial charge >= 0.3 is 0 Å². The largest absolute Gasteiger partial charge is 0.263 e. The van der Waals surface area contributed by atoms with Crippen LogP contribution in [-0.2, 0) is 10.8 Å². The zero-order chi connectivity index (χ0) is 10.7. The van der Waals surface area contributed by atoms with Gasteiger partial charge in [0.1, 0.15) is 5.82 Å². The fourth-order valence-electron chi connectivity index (χ4n) is 1.18. The molecule has 0 radical (unpaired) electrons. The Kier molecular flexibility index (Phi) is 2.87. The van der Waals surface area contributed by atoms with E-state index in [1.165, 1.54) is 18.3 Å². The van der Waals surface area contributed by atoms with E-state index >= 15 is 0 Å². The van der Waals surface area contributed by atoms with E-state index < -0.39 is 16.6 Å². The van der Waals surface area contributed by atoms with E-state index in [4.69, 9.17) is 0 Å². The van der Waals surface area contributed by atoms with Crippen molar-refractivity contribution in [1.29, 1.82) is 0 Å². The second-order valence-electron chi connectivity index (χ2n) is 2.89. The van der Waals surface area contributed by atoms with Gasteiger partial charge < -0.3 is 0 Å². The number of hydrogen-bond acceptors (Lipinski definition) is 2. The molecule has 1 heterocycles. The summed E-state index contributed by atoms with van der Waals surface area (Å²) >= 11 is 0. The lowest BCUT2D eigenvalue weighted by Gasteiger charge is -2.02. The van der Waals surface area contributed by atoms with Gasteiger partial charge in [-0.1, -0.05) is 12.1 Å². The van der Waals surface area contributed by atoms with Crippen LogP contribution in [0.15, 0.2) is 58.6 Å². The summed E-state index contributed by atoms with van der Waals surface area (Å²) in [5, 5.41) is 0. The Morgan fingerprint density at radius 2 is 1.93 bits per heavy atom. The highest BCUT2D eigenvalue weighted by Gasteiger charge is 2.10. The fraction of sp³-hybridized carbons (Fsp3) is 0. The van der Waals surface area contributed by atoms with Crippen LogP contribution < -0.4 is 0 Å². The Morgan fingerprint density at radius 1 is 1.13 bits per heavy atom. The molecule has 0 fully saturated rings. The van der Waals surface area contributed by atoms with Crippen molar-refractivity contribution in [3.8, 4) is 0 Å². The highest BCUT2D eigenvalue weighted by molar-refractivity contribution is 7.85. The maximum atomic E-state index is 13.3. The van der Waals surface area contributed by atoms with Gasteiger partial charge in [-0.25, -0.2) is 8.60 Å². The molecule has 0 N–H and O–H groups in total. The molecule has 76 valence electrons. The van der Waals surface area contributed by atoms with Crippen LogP contribution in [0.25, 0.3) is 0 Å². The number of aromatic nitrogens is 1. The molecule has 0 amide bonds. The van der Waals surface area contributed by atoms with E-state index in [0.29, 0.717) is 4.90 Å². The third-order valence-electron chi connectivity index (χ3n) is 1.88. The van der Waals surface area contributed by atoms with Crippen LogP contribution in [0.2, 0.25) is 0 Å². The zero-order valence-corrected chi connectivity index (χ0v) is 8.58. The zero-order valence-electron chi connectivity index (χ0n) is 7.76. The van der Waals surface area contributed by atoms with E-state index in [9.17, 15) is 8.60 Å². The van der Waals surface area contributed by atoms with Gasteiger partial charge in [-0.05, 0) is 24.3 Å². The molecule has 0 aliphatic carbocycles. The minimum absolute atomic E-state index is 0.186. The number of hydrogen-bond donors (Lipinski definition) is 0. The van der Waals surface area contributed by atoms with Crippen LogP contribution >= 0.6 is 0 Å². The molecule has 2 nitrogen and oxygen atoms in total. The molecule has 2 aromatic rings. The number of halogens is 1. The first-order valence-electron chi connectivity index (χ1n) is 4.35. The quantitative estimate of drug-likeness (QED) is 0.779. The van der Waals surface area contributed by atoms with Gasteiger partial charge in [0.2, 0.25) is 0 Å². The average molecular weight is 221 g/mol. The third-order valence-corrected chi connectivity index (χ3v) is 3.29. The minimum Gasteiger partial charge on any atom is -0.263 e. The van der Waals surface area contributed by atoms with Crippen LogP contribution in [0.1, 0.15) is 0 Å². The lowest BCUT2D eigenvalue weighted by molar-refractivity contribution is 0.595. The Bertz CT molecular complexity index is 487. The van der Waals surface area contributed by atoms with Gasteiger partial charge in [-0.15, -0.1) is 0 Å². The standard InChI is InChI=1S/C11H8FNOS/c12-10-5-1-2-6-11(10)15(14)9-4-3-7-13-8-9/h1-8H. The molecule has 0 bridgehead atoms. The van der Waals surface area contributed by atoms with Crippen molar-refractivity contribution in [1.82, 2.24) is 4.98 Å². The summed E-state index contributed by atoms with van der Waals surface area (Å²) in [6.07, 6.45) is 3.06. The minimum atomic E-state index is -1.50. The SMILES string of the molecule is O=S(c1cccnc1)c1ccccc1F. The van der Waals surface area contributed by atoms with Gasteiger partial charge in [0.15, 0.2) is 0 Å². The molecule has 4 heteroatoms. The van der Waals surface area contributed by atoms with Crippen molar-refractivity contribution in [3.63, 3.8) is 0 Å². The molecule has 1 aromatic carbocycles. The molecular weight excluding hydrogens is 213 g/mol. The normalized spacial score (nSPS) is 12.3. The first kappa shape index (κ1) is 9.98. The number of rotatable bonds is 2. The summed E-state index contributed by atoms with van der Waals surface area (Å²) in [4.78, 5) is 4.53. The molecule has 2 rings (SSSR count). The Labute approximate surface area is 89.2 Å². The predicted octanol–water partition coefficient (Wildman–Crippen LogP) is 2.39. The summed E-state index contributed by atoms with van der Waals surface area (Å²) in [6, 6.07) is 9.37. The van der Waals surface area contributed by atoms with Crippen LogP contribution in [0.5, 0.6) is 0 Å². The van der Waals surface area contributed by atoms with Crippen LogP contribution in [-0.4, -0.2) is 9.19 Å². The molecule has 0 aliphatic heterocycles. The van der Waals surface area contributed by atoms with Gasteiger partial charge in [0.25, 0.3) is 0 Å². The monoisotopic (exact) mass is 221 g/mol. The molecule has 1 atom stereocenters. The summed E-state index contributed by atoms with van der Waals surface area (Å²) in [5.41, 5.74) is 0. The summed E-state index contributed by atoms with van der Waals surface area (Å²) in [5.74, 6) is -0.459. The van der Waals surface area contributed by atoms with E-state index in [2.05, 4.69) is 4.98 Å². The van der Waals surface area contributed by atoms with Crippen LogP contribution in [0, 0.1) is 5.82 Å². The molecule has 1 unspecified atom stereocenters. The van der Waals surface area contributed by atoms with Gasteiger partial charge in [0, 0.05) is 12.4 Å². The van der Waals surface area contributed by atoms with E-state index in [1.54, 1.807) is 30.5 Å². The van der Waals surface area contributed by atoms with Crippen LogP contribution in [0.4, 0.5) is 4.39 Å². The third kappa shape index (κ3) is 2.10. The Morgan fingerprint density at radius 3 is 2.60 bits per heavy atom. The van der Waals surface area contributed by atoms with Crippen molar-refractivity contribution in [2.75, 3.05) is 0 Å². The first-order chi connectivity index (χ1) is 7.29. The summed E-state index contributed by atoms with van der Waals surface area (Å²) in [6.45, 7) is 0. The molecular formula is C11H8FNOS. The Hall–Kier alpha value is -1.55. The smallest absolute Gasteiger partial charge is 0.139 e. The van der Waals surface area contributed by atoms with Crippen molar-refractivity contribution >= 4 is 10.8 Å². The van der Waals surface area contributed by atoms with Gasteiger partial charge in [0.05, 0.1) is 20.6 Å². The highest BCUT2D eigenvalue weighted by atomic mass is 32.2. The number of benzene rings is 1. The molecule has 0 aliphatic rings. The average Bonchev–Trinajstić information content (AvgIpc) is 2.30. The van der Waals surface area contributed by atoms with Gasteiger partial charge in [-0.3, -0.25) is 4.98 Å². The summed E-state index contributed by atoms with van der Waals surface area (Å²) in [7, 11) is -1.50. The Balaban J connectivity index is 2.42. The summed E-state index contributed by atoms with van der Waals surface area (Å²) < 4.78 is 25.2. The van der Waals surface area contributed by atoms with E-state index in [1.807, 2.05) is 0 Å². The van der Waals surface area contributed by atoms with Crippen molar-refractivity contribution in [3.05, 3.63) is 54.6 Å². The van der Waals surface area contributed by atoms with Crippen molar-refractivity contribution in [2.45, 2.75) is 9.79 Å². The first-order valence-corrected chi connectivity index (χ1v) is 5.50. The second kappa shape index (κ2) is 4.31. The van der Waals surface area contributed by atoms with E-state index in [0.717, 1.165) is 0 Å². The predicted molar refractivity (Wildman–Crippen MR) is 55.3 cm³/mol. The molecule has 15 heavy (non-hydrogen) atoms. The molecule has 0 spiro atoms. The van der Waals surface area contributed by atoms with E-state index in [-0.39, 0.29) is 4.90 Å². The number of pyridine rings is 1. The maximum absolute atomic E-state index is 13.3. The van der Waals surface area contributed by atoms with Gasteiger partial charge in [-0.2, -0.15) is 0 Å². The van der Waals surface area contributed by atoms with Crippen LogP contribution in [0.3, 0.4) is 0 Å². The fourth-order valence-corrected chi connectivity index (χ4v) is 2.24. The van der Waals surface area contributed by atoms with Crippen molar-refractivity contribution in [2.24, 2.45) is 0 Å². The molecule has 0 saturated carbocycles. The lowest BCUT2D eigenvalue weighted by Crippen LogP contribution is -1.96.